The quantitative estimate of drug-likeness (QED) is 0.0990. The number of amides is 2. The summed E-state index contributed by atoms with van der Waals surface area (Å²) in [5.41, 5.74) is 7.94. The van der Waals surface area contributed by atoms with Gasteiger partial charge in [0, 0.05) is 35.9 Å². The summed E-state index contributed by atoms with van der Waals surface area (Å²) in [5, 5.41) is 2.08. The van der Waals surface area contributed by atoms with Gasteiger partial charge in [-0.05, 0) is 91.8 Å². The van der Waals surface area contributed by atoms with Crippen molar-refractivity contribution in [2.75, 3.05) is 0 Å². The van der Waals surface area contributed by atoms with Gasteiger partial charge in [-0.15, -0.1) is 6.58 Å². The number of aromatic nitrogens is 4. The second kappa shape index (κ2) is 16.2. The Balaban J connectivity index is 1.24. The predicted molar refractivity (Wildman–Crippen MR) is 214 cm³/mol. The number of allylic oxidation sites excluding steroid dienone is 1. The van der Waals surface area contributed by atoms with Gasteiger partial charge >= 0.3 is 0 Å². The molecule has 9 heteroatoms. The highest BCUT2D eigenvalue weighted by atomic mass is 16.5. The van der Waals surface area contributed by atoms with Crippen molar-refractivity contribution < 1.29 is 14.3 Å². The number of imidazole rings is 2. The van der Waals surface area contributed by atoms with Gasteiger partial charge in [-0.3, -0.25) is 9.59 Å². The van der Waals surface area contributed by atoms with Crippen LogP contribution >= 0.6 is 0 Å². The van der Waals surface area contributed by atoms with Gasteiger partial charge in [0.15, 0.2) is 0 Å². The van der Waals surface area contributed by atoms with E-state index in [0.717, 1.165) is 98.4 Å². The van der Waals surface area contributed by atoms with E-state index in [1.165, 1.54) is 0 Å². The molecule has 0 saturated heterocycles. The zero-order chi connectivity index (χ0) is 37.8. The number of hydrogen-bond donors (Lipinski definition) is 2. The molecule has 3 atom stereocenters. The number of H-pyrrole nitrogens is 2. The number of fused-ring (bicyclic) bond motifs is 6. The summed E-state index contributed by atoms with van der Waals surface area (Å²) >= 11 is 0. The number of carbonyl (C=O) groups is 2. The molecule has 3 aromatic carbocycles. The van der Waals surface area contributed by atoms with Crippen LogP contribution in [-0.4, -0.2) is 53.6 Å². The second-order valence-corrected chi connectivity index (χ2v) is 14.6. The van der Waals surface area contributed by atoms with E-state index in [2.05, 4.69) is 105 Å². The first-order valence-corrected chi connectivity index (χ1v) is 19.2. The smallest absolute Gasteiger partial charge is 0.227 e. The van der Waals surface area contributed by atoms with Gasteiger partial charge in [0.05, 0.1) is 36.0 Å². The Hall–Kier alpha value is -5.18. The molecule has 3 heterocycles. The molecular formula is C44H54N6O3. The summed E-state index contributed by atoms with van der Waals surface area (Å²) in [6.45, 7) is 21.8. The van der Waals surface area contributed by atoms with E-state index in [1.54, 1.807) is 0 Å². The van der Waals surface area contributed by atoms with Gasteiger partial charge in [-0.2, -0.15) is 0 Å². The maximum Gasteiger partial charge on any atom is 0.227 e. The normalized spacial score (nSPS) is 13.8. The highest BCUT2D eigenvalue weighted by molar-refractivity contribution is 6.07. The zero-order valence-electron chi connectivity index (χ0n) is 32.2. The van der Waals surface area contributed by atoms with Crippen LogP contribution < -0.4 is 4.74 Å². The average Bonchev–Trinajstić information content (AvgIpc) is 3.83. The molecule has 0 fully saturated rings. The molecule has 5 aromatic rings. The van der Waals surface area contributed by atoms with Gasteiger partial charge in [-0.1, -0.05) is 64.1 Å². The lowest BCUT2D eigenvalue weighted by Gasteiger charge is -2.29. The van der Waals surface area contributed by atoms with Crippen LogP contribution in [0.1, 0.15) is 97.3 Å². The molecule has 0 spiro atoms. The minimum Gasteiger partial charge on any atom is -0.488 e. The Morgan fingerprint density at radius 1 is 0.906 bits per heavy atom. The fourth-order valence-corrected chi connectivity index (χ4v) is 7.09. The third kappa shape index (κ3) is 7.94. The topological polar surface area (TPSA) is 107 Å². The van der Waals surface area contributed by atoms with Crippen LogP contribution in [0.15, 0.2) is 73.5 Å². The molecule has 1 aliphatic heterocycles. The zero-order valence-corrected chi connectivity index (χ0v) is 32.2. The average molecular weight is 715 g/mol. The summed E-state index contributed by atoms with van der Waals surface area (Å²) in [5.74, 6) is 2.73. The van der Waals surface area contributed by atoms with Crippen molar-refractivity contribution in [3.63, 3.8) is 0 Å². The largest absolute Gasteiger partial charge is 0.488 e. The van der Waals surface area contributed by atoms with Crippen molar-refractivity contribution in [2.24, 2.45) is 5.92 Å². The summed E-state index contributed by atoms with van der Waals surface area (Å²) in [7, 11) is 0. The lowest BCUT2D eigenvalue weighted by molar-refractivity contribution is -0.135. The number of nitrogens with one attached hydrogen (secondary N) is 2. The molecule has 2 aromatic heterocycles. The molecule has 0 saturated carbocycles. The standard InChI is InChI=1S/C44H54N6O3/c1-9-27(6)18-42(51)50(29(8)11-3)25-41-46-37-17-15-31-21-36-34-16-14-32(20-33(34)26-53-39(36)22-35(31)44(37)48-41)38-23-45-40(47-38)24-49(28(7)10-2)43(52)19-30(12-4)13-5/h12,14-17,20-23,28-30H,4,6,9-11,13,18-19,24-26H2,1-3,5,7-8H3,(H,45,47)(H,46,48)/t28-,29-,30-/m0/s1. The van der Waals surface area contributed by atoms with Crippen LogP contribution in [0.2, 0.25) is 0 Å². The van der Waals surface area contributed by atoms with Crippen LogP contribution in [0.3, 0.4) is 0 Å². The number of carbonyl (C=O) groups excluding carboxylic acids is 2. The van der Waals surface area contributed by atoms with Crippen molar-refractivity contribution in [2.45, 2.75) is 112 Å². The fourth-order valence-electron chi connectivity index (χ4n) is 7.09. The second-order valence-electron chi connectivity index (χ2n) is 14.6. The first-order chi connectivity index (χ1) is 25.6. The first kappa shape index (κ1) is 37.6. The highest BCUT2D eigenvalue weighted by Gasteiger charge is 2.25. The molecule has 6 rings (SSSR count). The summed E-state index contributed by atoms with van der Waals surface area (Å²) in [4.78, 5) is 47.0. The number of hydrogen-bond acceptors (Lipinski definition) is 5. The lowest BCUT2D eigenvalue weighted by atomic mass is 9.92. The third-order valence-corrected chi connectivity index (χ3v) is 11.1. The van der Waals surface area contributed by atoms with E-state index in [0.29, 0.717) is 32.5 Å². The number of rotatable bonds is 16. The maximum atomic E-state index is 13.3. The van der Waals surface area contributed by atoms with E-state index >= 15 is 0 Å². The van der Waals surface area contributed by atoms with Crippen LogP contribution in [0.25, 0.3) is 44.2 Å². The third-order valence-electron chi connectivity index (χ3n) is 11.1. The predicted octanol–water partition coefficient (Wildman–Crippen LogP) is 9.88. The van der Waals surface area contributed by atoms with Gasteiger partial charge in [0.1, 0.15) is 24.0 Å². The Morgan fingerprint density at radius 2 is 1.64 bits per heavy atom. The maximum absolute atomic E-state index is 13.3. The number of ether oxygens (including phenoxy) is 1. The first-order valence-electron chi connectivity index (χ1n) is 19.2. The number of nitrogens with zero attached hydrogens (tertiary/aromatic N) is 4. The van der Waals surface area contributed by atoms with Crippen molar-refractivity contribution in [3.8, 4) is 28.1 Å². The SMILES string of the molecule is C=C[C@@H](CC)CC(=O)N(Cc1ncc(-c2ccc3c(c2)COc2cc4c(ccc5[nH]c(CN(C(=O)CC(=C)CC)[C@@H](C)CC)nc54)cc2-3)[nH]1)[C@@H](C)CC. The van der Waals surface area contributed by atoms with Crippen molar-refractivity contribution in [3.05, 3.63) is 90.7 Å². The van der Waals surface area contributed by atoms with Crippen molar-refractivity contribution >= 4 is 33.6 Å². The Kier molecular flexibility index (Phi) is 11.5. The number of aromatic amines is 2. The van der Waals surface area contributed by atoms with E-state index in [1.807, 2.05) is 29.0 Å². The molecule has 53 heavy (non-hydrogen) atoms. The molecule has 9 nitrogen and oxygen atoms in total. The molecule has 2 amide bonds. The number of benzene rings is 3. The van der Waals surface area contributed by atoms with Crippen LogP contribution in [0.4, 0.5) is 0 Å². The Morgan fingerprint density at radius 3 is 2.34 bits per heavy atom. The van der Waals surface area contributed by atoms with Gasteiger partial charge in [-0.25, -0.2) is 9.97 Å². The Labute approximate surface area is 313 Å². The van der Waals surface area contributed by atoms with Crippen LogP contribution in [0.5, 0.6) is 5.75 Å². The minimum atomic E-state index is 0.0820. The molecule has 2 N–H and O–H groups in total. The van der Waals surface area contributed by atoms with Gasteiger partial charge in [0.25, 0.3) is 0 Å². The van der Waals surface area contributed by atoms with Crippen LogP contribution in [-0.2, 0) is 29.3 Å². The summed E-state index contributed by atoms with van der Waals surface area (Å²) in [6, 6.07) is 15.1. The molecule has 0 radical (unpaired) electrons. The molecule has 0 aliphatic carbocycles. The molecule has 1 aliphatic rings. The van der Waals surface area contributed by atoms with Crippen molar-refractivity contribution in [1.29, 1.82) is 0 Å². The summed E-state index contributed by atoms with van der Waals surface area (Å²) < 4.78 is 6.39. The lowest BCUT2D eigenvalue weighted by Crippen LogP contribution is -2.38. The van der Waals surface area contributed by atoms with Crippen molar-refractivity contribution in [1.82, 2.24) is 29.7 Å². The minimum absolute atomic E-state index is 0.0820. The van der Waals surface area contributed by atoms with E-state index in [-0.39, 0.29) is 29.8 Å². The van der Waals surface area contributed by atoms with E-state index in [4.69, 9.17) is 9.72 Å². The monoisotopic (exact) mass is 714 g/mol. The molecule has 0 unspecified atom stereocenters. The molecule has 0 bridgehead atoms. The fraction of sp³-hybridized carbons (Fsp3) is 0.409. The van der Waals surface area contributed by atoms with E-state index in [9.17, 15) is 9.59 Å². The van der Waals surface area contributed by atoms with Gasteiger partial charge in [0.2, 0.25) is 11.8 Å². The Bertz CT molecular complexity index is 2140. The van der Waals surface area contributed by atoms with Gasteiger partial charge < -0.3 is 24.5 Å². The van der Waals surface area contributed by atoms with Crippen LogP contribution in [0, 0.1) is 5.92 Å². The summed E-state index contributed by atoms with van der Waals surface area (Å²) in [6.07, 6.45) is 7.96. The molecule has 278 valence electrons. The van der Waals surface area contributed by atoms with E-state index < -0.39 is 0 Å². The highest BCUT2D eigenvalue weighted by Crippen LogP contribution is 2.42. The molecular weight excluding hydrogens is 661 g/mol.